The molecule has 1 aromatic carbocycles. The van der Waals surface area contributed by atoms with E-state index in [0.717, 1.165) is 36.4 Å². The van der Waals surface area contributed by atoms with Crippen LogP contribution < -0.4 is 5.32 Å². The molecule has 0 radical (unpaired) electrons. The van der Waals surface area contributed by atoms with Crippen molar-refractivity contribution >= 4 is 11.7 Å². The number of carbonyl (C=O) groups is 1. The maximum Gasteiger partial charge on any atom is 0.322 e. The molecule has 26 heavy (non-hydrogen) atoms. The minimum Gasteiger partial charge on any atom is -0.467 e. The number of para-hydroxylation sites is 1. The zero-order valence-electron chi connectivity index (χ0n) is 14.8. The second-order valence-electron chi connectivity index (χ2n) is 6.58. The van der Waals surface area contributed by atoms with Gasteiger partial charge in [0.15, 0.2) is 0 Å². The number of benzene rings is 1. The van der Waals surface area contributed by atoms with Crippen molar-refractivity contribution in [2.75, 3.05) is 5.32 Å². The quantitative estimate of drug-likeness (QED) is 0.762. The maximum absolute atomic E-state index is 12.9. The molecule has 6 nitrogen and oxygen atoms in total. The minimum atomic E-state index is -0.162. The van der Waals surface area contributed by atoms with Gasteiger partial charge in [-0.1, -0.05) is 18.2 Å². The van der Waals surface area contributed by atoms with Crippen LogP contribution in [0.3, 0.4) is 0 Å². The molecule has 4 rings (SSSR count). The zero-order chi connectivity index (χ0) is 17.9. The van der Waals surface area contributed by atoms with Gasteiger partial charge >= 0.3 is 6.03 Å². The first-order chi connectivity index (χ1) is 12.7. The fourth-order valence-corrected chi connectivity index (χ4v) is 3.52. The first kappa shape index (κ1) is 16.4. The summed E-state index contributed by atoms with van der Waals surface area (Å²) in [5, 5.41) is 7.62. The van der Waals surface area contributed by atoms with Crippen molar-refractivity contribution in [2.45, 2.75) is 32.4 Å². The number of hydrogen-bond acceptors (Lipinski definition) is 3. The molecule has 0 saturated heterocycles. The molecule has 0 atom stereocenters. The average molecular weight is 350 g/mol. The van der Waals surface area contributed by atoms with E-state index in [2.05, 4.69) is 10.4 Å². The first-order valence-electron chi connectivity index (χ1n) is 8.87. The Hall–Kier alpha value is -3.02. The number of nitrogens with zero attached hydrogens (tertiary/aromatic N) is 3. The molecule has 134 valence electrons. The van der Waals surface area contributed by atoms with E-state index in [1.165, 1.54) is 11.3 Å². The third-order valence-electron chi connectivity index (χ3n) is 4.78. The third kappa shape index (κ3) is 3.35. The van der Waals surface area contributed by atoms with Crippen molar-refractivity contribution < 1.29 is 9.21 Å². The number of aryl methyl sites for hydroxylation is 1. The molecule has 6 heteroatoms. The Labute approximate surface area is 152 Å². The summed E-state index contributed by atoms with van der Waals surface area (Å²) in [4.78, 5) is 14.6. The van der Waals surface area contributed by atoms with Gasteiger partial charge in [-0.15, -0.1) is 0 Å². The van der Waals surface area contributed by atoms with Gasteiger partial charge in [-0.3, -0.25) is 4.68 Å². The van der Waals surface area contributed by atoms with Crippen LogP contribution in [-0.4, -0.2) is 20.7 Å². The van der Waals surface area contributed by atoms with Gasteiger partial charge in [-0.05, 0) is 49.1 Å². The highest BCUT2D eigenvalue weighted by Gasteiger charge is 2.24. The van der Waals surface area contributed by atoms with Crippen LogP contribution in [0.5, 0.6) is 0 Å². The molecule has 0 fully saturated rings. The van der Waals surface area contributed by atoms with Crippen LogP contribution in [0.1, 0.15) is 29.1 Å². The predicted molar refractivity (Wildman–Crippen MR) is 98.6 cm³/mol. The fourth-order valence-electron chi connectivity index (χ4n) is 3.52. The molecule has 1 aliphatic carbocycles. The largest absolute Gasteiger partial charge is 0.467 e. The Kier molecular flexibility index (Phi) is 4.48. The molecule has 1 aliphatic rings. The molecule has 0 aliphatic heterocycles. The SMILES string of the molecule is Cn1nc(CN(Cc2ccco2)C(=O)Nc2ccccc2)c2c1CCC2. The van der Waals surface area contributed by atoms with Crippen LogP contribution in [0.25, 0.3) is 0 Å². The van der Waals surface area contributed by atoms with Crippen LogP contribution in [0.15, 0.2) is 53.1 Å². The van der Waals surface area contributed by atoms with Crippen LogP contribution >= 0.6 is 0 Å². The number of anilines is 1. The van der Waals surface area contributed by atoms with E-state index < -0.39 is 0 Å². The number of fused-ring (bicyclic) bond motifs is 1. The number of amides is 2. The van der Waals surface area contributed by atoms with Gasteiger partial charge in [0.05, 0.1) is 25.0 Å². The van der Waals surface area contributed by atoms with Crippen molar-refractivity contribution in [1.82, 2.24) is 14.7 Å². The Balaban J connectivity index is 1.56. The highest BCUT2D eigenvalue weighted by molar-refractivity contribution is 5.89. The number of rotatable bonds is 5. The summed E-state index contributed by atoms with van der Waals surface area (Å²) in [7, 11) is 1.98. The number of furan rings is 1. The van der Waals surface area contributed by atoms with Gasteiger partial charge in [0.25, 0.3) is 0 Å². The van der Waals surface area contributed by atoms with Gasteiger partial charge in [-0.25, -0.2) is 4.79 Å². The summed E-state index contributed by atoms with van der Waals surface area (Å²) in [6, 6.07) is 13.0. The highest BCUT2D eigenvalue weighted by atomic mass is 16.3. The molecule has 0 unspecified atom stereocenters. The van der Waals surface area contributed by atoms with E-state index in [9.17, 15) is 4.79 Å². The summed E-state index contributed by atoms with van der Waals surface area (Å²) in [6.45, 7) is 0.861. The molecule has 2 aromatic heterocycles. The summed E-state index contributed by atoms with van der Waals surface area (Å²) in [6.07, 6.45) is 4.88. The fraction of sp³-hybridized carbons (Fsp3) is 0.300. The summed E-state index contributed by atoms with van der Waals surface area (Å²) < 4.78 is 7.41. The summed E-state index contributed by atoms with van der Waals surface area (Å²) >= 11 is 0. The van der Waals surface area contributed by atoms with Gasteiger partial charge in [0.2, 0.25) is 0 Å². The summed E-state index contributed by atoms with van der Waals surface area (Å²) in [5.41, 5.74) is 4.34. The van der Waals surface area contributed by atoms with Crippen molar-refractivity contribution in [1.29, 1.82) is 0 Å². The standard InChI is InChI=1S/C20H22N4O2/c1-23-19-11-5-10-17(19)18(22-23)14-24(13-16-9-6-12-26-16)20(25)21-15-7-3-2-4-8-15/h2-4,6-9,12H,5,10-11,13-14H2,1H3,(H,21,25). The predicted octanol–water partition coefficient (Wildman–Crippen LogP) is 3.74. The van der Waals surface area contributed by atoms with Gasteiger partial charge in [-0.2, -0.15) is 5.10 Å². The topological polar surface area (TPSA) is 63.3 Å². The molecule has 0 spiro atoms. The first-order valence-corrected chi connectivity index (χ1v) is 8.87. The zero-order valence-corrected chi connectivity index (χ0v) is 14.8. The monoisotopic (exact) mass is 350 g/mol. The van der Waals surface area contributed by atoms with E-state index in [4.69, 9.17) is 4.42 Å². The normalized spacial score (nSPS) is 12.8. The third-order valence-corrected chi connectivity index (χ3v) is 4.78. The molecule has 0 saturated carbocycles. The molecule has 0 bridgehead atoms. The lowest BCUT2D eigenvalue weighted by Gasteiger charge is -2.22. The average Bonchev–Trinajstić information content (AvgIpc) is 3.37. The van der Waals surface area contributed by atoms with Crippen molar-refractivity contribution in [2.24, 2.45) is 7.05 Å². The van der Waals surface area contributed by atoms with E-state index in [1.54, 1.807) is 11.2 Å². The Morgan fingerprint density at radius 1 is 1.19 bits per heavy atom. The maximum atomic E-state index is 12.9. The molecule has 3 aromatic rings. The lowest BCUT2D eigenvalue weighted by molar-refractivity contribution is 0.200. The second kappa shape index (κ2) is 7.07. The van der Waals surface area contributed by atoms with Crippen LogP contribution in [-0.2, 0) is 33.0 Å². The summed E-state index contributed by atoms with van der Waals surface area (Å²) in [5.74, 6) is 0.751. The van der Waals surface area contributed by atoms with Gasteiger partial charge < -0.3 is 14.6 Å². The Morgan fingerprint density at radius 2 is 2.04 bits per heavy atom. The molecule has 2 amide bonds. The molecular formula is C20H22N4O2. The van der Waals surface area contributed by atoms with Crippen molar-refractivity contribution in [3.63, 3.8) is 0 Å². The van der Waals surface area contributed by atoms with E-state index in [0.29, 0.717) is 13.1 Å². The second-order valence-corrected chi connectivity index (χ2v) is 6.58. The number of nitrogens with one attached hydrogen (secondary N) is 1. The lowest BCUT2D eigenvalue weighted by Crippen LogP contribution is -2.34. The smallest absolute Gasteiger partial charge is 0.322 e. The van der Waals surface area contributed by atoms with Crippen LogP contribution in [0.4, 0.5) is 10.5 Å². The Bertz CT molecular complexity index is 884. The number of urea groups is 1. The van der Waals surface area contributed by atoms with Crippen LogP contribution in [0.2, 0.25) is 0 Å². The molecule has 2 heterocycles. The van der Waals surface area contributed by atoms with E-state index >= 15 is 0 Å². The number of hydrogen-bond donors (Lipinski definition) is 1. The molecular weight excluding hydrogens is 328 g/mol. The number of carbonyl (C=O) groups excluding carboxylic acids is 1. The van der Waals surface area contributed by atoms with Gasteiger partial charge in [0.1, 0.15) is 5.76 Å². The van der Waals surface area contributed by atoms with E-state index in [1.807, 2.05) is 54.2 Å². The van der Waals surface area contributed by atoms with Crippen molar-refractivity contribution in [3.05, 3.63) is 71.4 Å². The molecule has 1 N–H and O–H groups in total. The minimum absolute atomic E-state index is 0.162. The van der Waals surface area contributed by atoms with Gasteiger partial charge in [0, 0.05) is 18.4 Å². The highest BCUT2D eigenvalue weighted by Crippen LogP contribution is 2.26. The Morgan fingerprint density at radius 3 is 2.81 bits per heavy atom. The van der Waals surface area contributed by atoms with Crippen LogP contribution in [0, 0.1) is 0 Å². The lowest BCUT2D eigenvalue weighted by atomic mass is 10.2. The van der Waals surface area contributed by atoms with E-state index in [-0.39, 0.29) is 6.03 Å². The number of aromatic nitrogens is 2. The van der Waals surface area contributed by atoms with Crippen molar-refractivity contribution in [3.8, 4) is 0 Å².